The SMILES string of the molecule is COC[C@H]1C[C@@H](c2nc3ccc4cc5c(cc4c3[nH]2)OCc2cc(-c3cnc([C@@H]4CC[C@H](C)N4C(=O)[C@@H](NC(=O)O)C(C)C)[nH]3)ccc2-5)N(C(=O)[C@H](NC(=O)OC)c2ccccc2)C1. The standard InChI is InChI=1S/C48H52N8O8/c1-25(2)40(53-47(59)60)46(58)56-26(3)11-16-37(56)43-49-21-36(51-43)30-12-14-32-31(18-30)24-64-39-20-33-29(19-34(32)39)13-15-35-42(33)52-44(50-35)38-17-27(23-62-4)22-55(38)45(57)41(54-48(61)63-5)28-9-7-6-8-10-28/h6-10,12-15,18-21,25-27,37-38,40-41,53H,11,16-17,22-24H2,1-5H3,(H,49,51)(H,50,52)(H,54,61)(H,59,60)/t26-,27-,37-,38-,40-,41+/m0/s1. The number of alkyl carbamates (subject to hydrolysis) is 1. The molecule has 3 aliphatic rings. The molecule has 64 heavy (non-hydrogen) atoms. The van der Waals surface area contributed by atoms with E-state index < -0.39 is 30.3 Å². The van der Waals surface area contributed by atoms with Crippen LogP contribution in [0.25, 0.3) is 44.2 Å². The highest BCUT2D eigenvalue weighted by molar-refractivity contribution is 6.07. The van der Waals surface area contributed by atoms with Gasteiger partial charge in [0.2, 0.25) is 5.91 Å². The predicted octanol–water partition coefficient (Wildman–Crippen LogP) is 7.64. The lowest BCUT2D eigenvalue weighted by Gasteiger charge is -2.32. The number of fused-ring (bicyclic) bond motifs is 6. The van der Waals surface area contributed by atoms with Gasteiger partial charge in [0.1, 0.15) is 36.1 Å². The number of imidazole rings is 2. The van der Waals surface area contributed by atoms with Gasteiger partial charge in [-0.05, 0) is 84.0 Å². The van der Waals surface area contributed by atoms with Crippen LogP contribution in [0.15, 0.2) is 79.0 Å². The lowest BCUT2D eigenvalue weighted by molar-refractivity contribution is -0.137. The smallest absolute Gasteiger partial charge is 0.407 e. The number of rotatable bonds is 11. The number of aromatic amines is 2. The summed E-state index contributed by atoms with van der Waals surface area (Å²) >= 11 is 0. The van der Waals surface area contributed by atoms with Crippen LogP contribution in [-0.4, -0.2) is 98.3 Å². The van der Waals surface area contributed by atoms with E-state index in [1.165, 1.54) is 7.11 Å². The maximum absolute atomic E-state index is 14.4. The number of benzene rings is 4. The Hall–Kier alpha value is -6.94. The zero-order valence-corrected chi connectivity index (χ0v) is 36.4. The van der Waals surface area contributed by atoms with Gasteiger partial charge in [0.25, 0.3) is 5.91 Å². The van der Waals surface area contributed by atoms with E-state index >= 15 is 0 Å². The number of nitrogens with one attached hydrogen (secondary N) is 4. The number of H-pyrrole nitrogens is 2. The summed E-state index contributed by atoms with van der Waals surface area (Å²) in [5.74, 6) is 1.38. The fraction of sp³-hybridized carbons (Fsp3) is 0.375. The number of hydrogen-bond donors (Lipinski definition) is 5. The molecule has 6 atom stereocenters. The van der Waals surface area contributed by atoms with Crippen LogP contribution in [0.5, 0.6) is 5.75 Å². The van der Waals surface area contributed by atoms with Crippen molar-refractivity contribution in [3.8, 4) is 28.1 Å². The highest BCUT2D eigenvalue weighted by Gasteiger charge is 2.43. The predicted molar refractivity (Wildman–Crippen MR) is 238 cm³/mol. The van der Waals surface area contributed by atoms with Gasteiger partial charge >= 0.3 is 12.2 Å². The van der Waals surface area contributed by atoms with E-state index in [-0.39, 0.29) is 35.7 Å². The lowest BCUT2D eigenvalue weighted by Crippen LogP contribution is -2.52. The number of amides is 4. The molecule has 6 aromatic rings. The Bertz CT molecular complexity index is 2750. The quantitative estimate of drug-likeness (QED) is 0.0861. The molecule has 4 aromatic carbocycles. The summed E-state index contributed by atoms with van der Waals surface area (Å²) in [6.45, 7) is 6.90. The summed E-state index contributed by atoms with van der Waals surface area (Å²) in [6, 6.07) is 21.0. The Balaban J connectivity index is 0.986. The summed E-state index contributed by atoms with van der Waals surface area (Å²) in [5.41, 5.74) is 7.01. The van der Waals surface area contributed by atoms with Crippen molar-refractivity contribution in [3.05, 3.63) is 102 Å². The van der Waals surface area contributed by atoms with E-state index in [4.69, 9.17) is 24.2 Å². The first-order valence-corrected chi connectivity index (χ1v) is 21.7. The third kappa shape index (κ3) is 7.86. The van der Waals surface area contributed by atoms with Crippen molar-refractivity contribution < 1.29 is 38.5 Å². The molecule has 5 heterocycles. The van der Waals surface area contributed by atoms with Gasteiger partial charge in [0.15, 0.2) is 0 Å². The highest BCUT2D eigenvalue weighted by atomic mass is 16.5. The summed E-state index contributed by atoms with van der Waals surface area (Å²) in [4.78, 5) is 72.5. The Labute approximate surface area is 369 Å². The molecule has 3 aliphatic heterocycles. The van der Waals surface area contributed by atoms with Gasteiger partial charge in [-0.3, -0.25) is 9.59 Å². The molecule has 2 saturated heterocycles. The molecule has 2 aromatic heterocycles. The zero-order valence-electron chi connectivity index (χ0n) is 36.4. The Morgan fingerprint density at radius 1 is 0.922 bits per heavy atom. The number of likely N-dealkylation sites (tertiary alicyclic amines) is 2. The molecule has 0 bridgehead atoms. The molecule has 2 fully saturated rings. The van der Waals surface area contributed by atoms with Gasteiger partial charge < -0.3 is 49.7 Å². The molecule has 4 amide bonds. The minimum atomic E-state index is -1.22. The minimum absolute atomic E-state index is 0.0548. The normalized spacial score (nSPS) is 20.2. The topological polar surface area (TPSA) is 204 Å². The van der Waals surface area contributed by atoms with Crippen LogP contribution in [0.2, 0.25) is 0 Å². The van der Waals surface area contributed by atoms with E-state index in [0.717, 1.165) is 61.9 Å². The first-order chi connectivity index (χ1) is 30.9. The average molecular weight is 869 g/mol. The highest BCUT2D eigenvalue weighted by Crippen LogP contribution is 2.44. The number of carbonyl (C=O) groups excluding carboxylic acids is 3. The molecular formula is C48H52N8O8. The number of carboxylic acid groups (broad SMARTS) is 1. The van der Waals surface area contributed by atoms with Crippen LogP contribution in [0.3, 0.4) is 0 Å². The molecule has 0 spiro atoms. The lowest BCUT2D eigenvalue weighted by atomic mass is 9.92. The fourth-order valence-electron chi connectivity index (χ4n) is 9.78. The summed E-state index contributed by atoms with van der Waals surface area (Å²) in [5, 5.41) is 16.5. The molecule has 9 rings (SSSR count). The average Bonchev–Trinajstić information content (AvgIpc) is 4.12. The number of hydrogen-bond acceptors (Lipinski definition) is 9. The van der Waals surface area contributed by atoms with E-state index in [9.17, 15) is 24.3 Å². The van der Waals surface area contributed by atoms with Crippen molar-refractivity contribution in [2.24, 2.45) is 11.8 Å². The number of ether oxygens (including phenoxy) is 3. The Kier molecular flexibility index (Phi) is 11.5. The molecule has 16 nitrogen and oxygen atoms in total. The van der Waals surface area contributed by atoms with E-state index in [1.807, 2.05) is 63.2 Å². The second-order valence-corrected chi connectivity index (χ2v) is 17.4. The Morgan fingerprint density at radius 2 is 1.73 bits per heavy atom. The summed E-state index contributed by atoms with van der Waals surface area (Å²) in [7, 11) is 2.93. The van der Waals surface area contributed by atoms with Crippen LogP contribution in [0.1, 0.15) is 80.9 Å². The van der Waals surface area contributed by atoms with Gasteiger partial charge in [-0.1, -0.05) is 62.4 Å². The summed E-state index contributed by atoms with van der Waals surface area (Å²) < 4.78 is 16.9. The zero-order chi connectivity index (χ0) is 44.8. The van der Waals surface area contributed by atoms with E-state index in [2.05, 4.69) is 50.9 Å². The van der Waals surface area contributed by atoms with Crippen molar-refractivity contribution in [3.63, 3.8) is 0 Å². The second kappa shape index (κ2) is 17.3. The van der Waals surface area contributed by atoms with E-state index in [0.29, 0.717) is 49.8 Å². The van der Waals surface area contributed by atoms with Crippen molar-refractivity contribution in [2.45, 2.75) is 76.8 Å². The van der Waals surface area contributed by atoms with Crippen molar-refractivity contribution in [2.75, 3.05) is 27.4 Å². The number of carbonyl (C=O) groups is 4. The minimum Gasteiger partial charge on any atom is -0.488 e. The van der Waals surface area contributed by atoms with Crippen molar-refractivity contribution in [1.82, 2.24) is 40.4 Å². The first-order valence-electron chi connectivity index (χ1n) is 21.7. The van der Waals surface area contributed by atoms with Crippen molar-refractivity contribution >= 4 is 45.8 Å². The van der Waals surface area contributed by atoms with Gasteiger partial charge in [-0.25, -0.2) is 19.6 Å². The third-order valence-corrected chi connectivity index (χ3v) is 12.9. The van der Waals surface area contributed by atoms with Crippen LogP contribution < -0.4 is 15.4 Å². The number of nitrogens with zero attached hydrogens (tertiary/aromatic N) is 4. The molecule has 16 heteroatoms. The van der Waals surface area contributed by atoms with Crippen LogP contribution in [-0.2, 0) is 25.7 Å². The monoisotopic (exact) mass is 868 g/mol. The van der Waals surface area contributed by atoms with Crippen LogP contribution >= 0.6 is 0 Å². The van der Waals surface area contributed by atoms with Gasteiger partial charge in [0, 0.05) is 36.6 Å². The number of aromatic nitrogens is 4. The molecule has 0 unspecified atom stereocenters. The fourth-order valence-corrected chi connectivity index (χ4v) is 9.78. The molecule has 0 aliphatic carbocycles. The first kappa shape index (κ1) is 42.4. The molecule has 0 saturated carbocycles. The maximum Gasteiger partial charge on any atom is 0.407 e. The maximum atomic E-state index is 14.4. The van der Waals surface area contributed by atoms with Gasteiger partial charge in [0.05, 0.1) is 48.7 Å². The van der Waals surface area contributed by atoms with Crippen molar-refractivity contribution in [1.29, 1.82) is 0 Å². The van der Waals surface area contributed by atoms with E-state index in [1.54, 1.807) is 23.1 Å². The van der Waals surface area contributed by atoms with Gasteiger partial charge in [-0.15, -0.1) is 0 Å². The molecule has 332 valence electrons. The molecule has 5 N–H and O–H groups in total. The molecule has 0 radical (unpaired) electrons. The van der Waals surface area contributed by atoms with Crippen LogP contribution in [0.4, 0.5) is 9.59 Å². The Morgan fingerprint density at radius 3 is 2.48 bits per heavy atom. The summed E-state index contributed by atoms with van der Waals surface area (Å²) in [6.07, 6.45) is 1.98. The van der Waals surface area contributed by atoms with Crippen LogP contribution in [0, 0.1) is 11.8 Å². The second-order valence-electron chi connectivity index (χ2n) is 17.4. The largest absolute Gasteiger partial charge is 0.488 e. The number of methoxy groups -OCH3 is 2. The molecular weight excluding hydrogens is 817 g/mol. The third-order valence-electron chi connectivity index (χ3n) is 12.9. The van der Waals surface area contributed by atoms with Gasteiger partial charge in [-0.2, -0.15) is 0 Å².